The maximum Gasteiger partial charge on any atom is 0.256 e. The van der Waals surface area contributed by atoms with Crippen molar-refractivity contribution in [2.24, 2.45) is 0 Å². The van der Waals surface area contributed by atoms with Gasteiger partial charge in [0.25, 0.3) is 5.88 Å². The minimum Gasteiger partial charge on any atom is -0.435 e. The van der Waals surface area contributed by atoms with Crippen LogP contribution in [0.5, 0.6) is 11.6 Å². The van der Waals surface area contributed by atoms with Crippen molar-refractivity contribution >= 4 is 29.0 Å². The molecule has 0 aliphatic carbocycles. The van der Waals surface area contributed by atoms with E-state index in [9.17, 15) is 9.50 Å². The van der Waals surface area contributed by atoms with Crippen molar-refractivity contribution in [3.63, 3.8) is 0 Å². The van der Waals surface area contributed by atoms with Crippen molar-refractivity contribution < 1.29 is 14.2 Å². The van der Waals surface area contributed by atoms with E-state index in [4.69, 9.17) is 27.9 Å². The van der Waals surface area contributed by atoms with Gasteiger partial charge in [0.15, 0.2) is 5.82 Å². The molecule has 2 aromatic heterocycles. The van der Waals surface area contributed by atoms with Crippen molar-refractivity contribution in [1.82, 2.24) is 9.97 Å². The summed E-state index contributed by atoms with van der Waals surface area (Å²) in [5, 5.41) is 10.4. The van der Waals surface area contributed by atoms with Crippen molar-refractivity contribution in [1.29, 1.82) is 0 Å². The van der Waals surface area contributed by atoms with Gasteiger partial charge in [-0.3, -0.25) is 0 Å². The highest BCUT2D eigenvalue weighted by Crippen LogP contribution is 2.32. The number of aliphatic hydroxyl groups excluding tert-OH is 1. The third kappa shape index (κ3) is 4.67. The standard InChI is InChI=1S/C22H20Cl2FN3O2/c23-16-8-14(9-17(24)11-16)19-10-15(13-29)21(25)22(27-19)30-18-4-5-20(26-12-18)28-6-2-1-3-7-28/h4-5,8-12,29H,1-3,6-7,13H2. The molecule has 1 aliphatic heterocycles. The summed E-state index contributed by atoms with van der Waals surface area (Å²) in [7, 11) is 0. The summed E-state index contributed by atoms with van der Waals surface area (Å²) < 4.78 is 20.4. The van der Waals surface area contributed by atoms with E-state index in [1.165, 1.54) is 12.5 Å². The Kier molecular flexibility index (Phi) is 6.37. The van der Waals surface area contributed by atoms with Gasteiger partial charge in [-0.25, -0.2) is 14.4 Å². The average molecular weight is 448 g/mol. The minimum atomic E-state index is -0.727. The second kappa shape index (κ2) is 9.16. The van der Waals surface area contributed by atoms with Gasteiger partial charge in [-0.05, 0) is 55.7 Å². The van der Waals surface area contributed by atoms with Crippen LogP contribution in [0.3, 0.4) is 0 Å². The second-order valence-electron chi connectivity index (χ2n) is 7.10. The maximum atomic E-state index is 14.8. The highest BCUT2D eigenvalue weighted by molar-refractivity contribution is 6.35. The molecule has 1 aromatic carbocycles. The number of rotatable bonds is 5. The number of aliphatic hydroxyl groups is 1. The molecule has 1 aliphatic rings. The molecule has 4 rings (SSSR count). The quantitative estimate of drug-likeness (QED) is 0.530. The van der Waals surface area contributed by atoms with E-state index in [0.717, 1.165) is 31.7 Å². The average Bonchev–Trinajstić information content (AvgIpc) is 2.75. The van der Waals surface area contributed by atoms with Crippen molar-refractivity contribution in [2.45, 2.75) is 25.9 Å². The molecule has 5 nitrogen and oxygen atoms in total. The van der Waals surface area contributed by atoms with E-state index < -0.39 is 12.4 Å². The first-order valence-electron chi connectivity index (χ1n) is 9.69. The van der Waals surface area contributed by atoms with Crippen LogP contribution in [-0.4, -0.2) is 28.2 Å². The van der Waals surface area contributed by atoms with E-state index in [1.807, 2.05) is 6.07 Å². The Morgan fingerprint density at radius 2 is 1.77 bits per heavy atom. The van der Waals surface area contributed by atoms with Crippen LogP contribution in [0.15, 0.2) is 42.6 Å². The predicted molar refractivity (Wildman–Crippen MR) is 116 cm³/mol. The van der Waals surface area contributed by atoms with Crippen molar-refractivity contribution in [3.8, 4) is 22.9 Å². The SMILES string of the molecule is OCc1cc(-c2cc(Cl)cc(Cl)c2)nc(Oc2ccc(N3CCCCC3)nc2)c1F. The van der Waals surface area contributed by atoms with Crippen LogP contribution in [0.2, 0.25) is 10.0 Å². The predicted octanol–water partition coefficient (Wildman–Crippen LogP) is 5.86. The largest absolute Gasteiger partial charge is 0.435 e. The van der Waals surface area contributed by atoms with Gasteiger partial charge in [-0.1, -0.05) is 23.2 Å². The summed E-state index contributed by atoms with van der Waals surface area (Å²) in [6, 6.07) is 9.95. The lowest BCUT2D eigenvalue weighted by Crippen LogP contribution is -2.29. The van der Waals surface area contributed by atoms with Gasteiger partial charge in [0.1, 0.15) is 11.6 Å². The summed E-state index contributed by atoms with van der Waals surface area (Å²) in [5.74, 6) is 0.246. The first-order valence-corrected chi connectivity index (χ1v) is 10.4. The topological polar surface area (TPSA) is 58.5 Å². The number of halogens is 3. The second-order valence-corrected chi connectivity index (χ2v) is 7.98. The molecule has 0 saturated carbocycles. The molecule has 0 radical (unpaired) electrons. The molecule has 0 unspecified atom stereocenters. The number of hydrogen-bond acceptors (Lipinski definition) is 5. The third-order valence-electron chi connectivity index (χ3n) is 4.95. The Hall–Kier alpha value is -2.41. The molecule has 8 heteroatoms. The summed E-state index contributed by atoms with van der Waals surface area (Å²) in [5.41, 5.74) is 1.03. The van der Waals surface area contributed by atoms with E-state index in [2.05, 4.69) is 14.9 Å². The lowest BCUT2D eigenvalue weighted by Gasteiger charge is -2.27. The Bertz CT molecular complexity index is 1020. The summed E-state index contributed by atoms with van der Waals surface area (Å²) in [4.78, 5) is 10.9. The first-order chi connectivity index (χ1) is 14.5. The van der Waals surface area contributed by atoms with Crippen LogP contribution < -0.4 is 9.64 Å². The van der Waals surface area contributed by atoms with Gasteiger partial charge in [-0.15, -0.1) is 0 Å². The van der Waals surface area contributed by atoms with E-state index in [-0.39, 0.29) is 11.4 Å². The van der Waals surface area contributed by atoms with E-state index in [0.29, 0.717) is 27.1 Å². The Morgan fingerprint density at radius 1 is 1.03 bits per heavy atom. The highest BCUT2D eigenvalue weighted by atomic mass is 35.5. The van der Waals surface area contributed by atoms with Crippen molar-refractivity contribution in [3.05, 3.63) is 64.0 Å². The minimum absolute atomic E-state index is 0.0593. The Morgan fingerprint density at radius 3 is 2.40 bits per heavy atom. The van der Waals surface area contributed by atoms with Crippen molar-refractivity contribution in [2.75, 3.05) is 18.0 Å². The molecule has 1 fully saturated rings. The molecular formula is C22H20Cl2FN3O2. The van der Waals surface area contributed by atoms with Gasteiger partial charge in [0.05, 0.1) is 18.5 Å². The highest BCUT2D eigenvalue weighted by Gasteiger charge is 2.17. The molecule has 0 atom stereocenters. The Labute approximate surface area is 184 Å². The number of hydrogen-bond donors (Lipinski definition) is 1. The molecule has 3 heterocycles. The molecule has 156 valence electrons. The molecule has 0 spiro atoms. The molecule has 0 bridgehead atoms. The fraction of sp³-hybridized carbons (Fsp3) is 0.273. The zero-order valence-electron chi connectivity index (χ0n) is 16.1. The third-order valence-corrected chi connectivity index (χ3v) is 5.38. The van der Waals surface area contributed by atoms with Gasteiger partial charge < -0.3 is 14.7 Å². The van der Waals surface area contributed by atoms with Crippen LogP contribution in [0.4, 0.5) is 10.2 Å². The molecule has 30 heavy (non-hydrogen) atoms. The lowest BCUT2D eigenvalue weighted by molar-refractivity contribution is 0.273. The van der Waals surface area contributed by atoms with Crippen LogP contribution in [0.25, 0.3) is 11.3 Å². The number of nitrogens with zero attached hydrogens (tertiary/aromatic N) is 3. The van der Waals surface area contributed by atoms with Gasteiger partial charge in [0.2, 0.25) is 0 Å². The molecular weight excluding hydrogens is 428 g/mol. The number of anilines is 1. The first kappa shape index (κ1) is 20.8. The molecule has 0 amide bonds. The van der Waals surface area contributed by atoms with E-state index in [1.54, 1.807) is 30.5 Å². The van der Waals surface area contributed by atoms with E-state index >= 15 is 0 Å². The fourth-order valence-electron chi connectivity index (χ4n) is 3.44. The molecule has 3 aromatic rings. The van der Waals surface area contributed by atoms with Gasteiger partial charge in [0, 0.05) is 34.3 Å². The van der Waals surface area contributed by atoms with Gasteiger partial charge in [-0.2, -0.15) is 0 Å². The number of piperidine rings is 1. The number of pyridine rings is 2. The Balaban J connectivity index is 1.63. The number of aromatic nitrogens is 2. The molecule has 1 saturated heterocycles. The van der Waals surface area contributed by atoms with Crippen LogP contribution in [0.1, 0.15) is 24.8 Å². The number of benzene rings is 1. The van der Waals surface area contributed by atoms with Crippen LogP contribution in [0, 0.1) is 5.82 Å². The summed E-state index contributed by atoms with van der Waals surface area (Å²) in [6.07, 6.45) is 5.09. The van der Waals surface area contributed by atoms with Crippen LogP contribution in [-0.2, 0) is 6.61 Å². The van der Waals surface area contributed by atoms with Crippen LogP contribution >= 0.6 is 23.2 Å². The summed E-state index contributed by atoms with van der Waals surface area (Å²) in [6.45, 7) is 1.46. The zero-order chi connectivity index (χ0) is 21.1. The maximum absolute atomic E-state index is 14.8. The lowest BCUT2D eigenvalue weighted by atomic mass is 10.1. The fourth-order valence-corrected chi connectivity index (χ4v) is 3.97. The smallest absolute Gasteiger partial charge is 0.256 e. The zero-order valence-corrected chi connectivity index (χ0v) is 17.6. The molecule has 1 N–H and O–H groups in total. The van der Waals surface area contributed by atoms with Gasteiger partial charge >= 0.3 is 0 Å². The number of ether oxygens (including phenoxy) is 1. The summed E-state index contributed by atoms with van der Waals surface area (Å²) >= 11 is 12.1. The normalized spacial score (nSPS) is 14.1. The monoisotopic (exact) mass is 447 g/mol.